The Bertz CT molecular complexity index is 820. The lowest BCUT2D eigenvalue weighted by Gasteiger charge is -2.22. The molecule has 0 amide bonds. The topological polar surface area (TPSA) is 94.8 Å². The molecule has 5 heteroatoms. The molecule has 0 aliphatic heterocycles. The second-order valence-corrected chi connectivity index (χ2v) is 5.61. The molecule has 0 fully saturated rings. The first kappa shape index (κ1) is 14.5. The Morgan fingerprint density at radius 2 is 1.95 bits per heavy atom. The average molecular weight is 300 g/mol. The number of rotatable bonds is 2. The van der Waals surface area contributed by atoms with Gasteiger partial charge in [0.05, 0.1) is 23.1 Å². The molecule has 0 unspecified atom stereocenters. The molecular weight excluding hydrogens is 284 g/mol. The molecule has 3 N–H and O–H groups in total. The molecule has 2 aromatic carbocycles. The van der Waals surface area contributed by atoms with Gasteiger partial charge in [0, 0.05) is 6.42 Å². The molecule has 0 saturated heterocycles. The summed E-state index contributed by atoms with van der Waals surface area (Å²) in [4.78, 5) is 23.3. The summed E-state index contributed by atoms with van der Waals surface area (Å²) in [6.45, 7) is 1.37. The zero-order valence-electron chi connectivity index (χ0n) is 12.1. The van der Waals surface area contributed by atoms with Crippen LogP contribution in [0.5, 0.6) is 11.5 Å². The van der Waals surface area contributed by atoms with E-state index < -0.39 is 0 Å². The third-order valence-electron chi connectivity index (χ3n) is 4.40. The highest BCUT2D eigenvalue weighted by Crippen LogP contribution is 2.44. The predicted octanol–water partition coefficient (Wildman–Crippen LogP) is 2.38. The van der Waals surface area contributed by atoms with Gasteiger partial charge in [-0.3, -0.25) is 9.59 Å². The molecule has 22 heavy (non-hydrogen) atoms. The minimum absolute atomic E-state index is 0.0609. The first-order valence-electron chi connectivity index (χ1n) is 7.13. The number of carbonyl (C=O) groups is 2. The van der Waals surface area contributed by atoms with E-state index in [1.165, 1.54) is 0 Å². The van der Waals surface area contributed by atoms with Crippen LogP contribution < -0.4 is 0 Å². The van der Waals surface area contributed by atoms with Gasteiger partial charge in [-0.15, -0.1) is 0 Å². The van der Waals surface area contributed by atoms with Gasteiger partial charge in [0.15, 0.2) is 12.1 Å². The number of phenolic OH excluding ortho intramolecular Hbond substituents is 2. The first-order valence-corrected chi connectivity index (χ1v) is 7.13. The van der Waals surface area contributed by atoms with E-state index in [4.69, 9.17) is 0 Å². The number of carbonyl (C=O) groups excluding carboxylic acids is 2. The van der Waals surface area contributed by atoms with Crippen LogP contribution in [0.1, 0.15) is 50.2 Å². The van der Waals surface area contributed by atoms with Gasteiger partial charge < -0.3 is 15.3 Å². The van der Waals surface area contributed by atoms with Crippen molar-refractivity contribution in [1.82, 2.24) is 0 Å². The Morgan fingerprint density at radius 3 is 2.59 bits per heavy atom. The van der Waals surface area contributed by atoms with E-state index in [1.807, 2.05) is 0 Å². The van der Waals surface area contributed by atoms with Crippen LogP contribution in [0, 0.1) is 6.92 Å². The van der Waals surface area contributed by atoms with Gasteiger partial charge in [-0.05, 0) is 47.9 Å². The standard InChI is InChI=1S/C17H16O5/c1-8-5-10-12(7-19)9-3-2-4-13(20)14(9)17(22)15(10)16(21)11(8)6-18/h5-6,19,21-22H,2-4,7H2,1H3. The number of phenols is 2. The molecule has 1 aliphatic carbocycles. The number of hydrogen-bond acceptors (Lipinski definition) is 5. The number of hydrogen-bond donors (Lipinski definition) is 3. The van der Waals surface area contributed by atoms with Crippen molar-refractivity contribution < 1.29 is 24.9 Å². The van der Waals surface area contributed by atoms with Gasteiger partial charge in [0.1, 0.15) is 11.5 Å². The Balaban J connectivity index is 2.56. The van der Waals surface area contributed by atoms with Crippen molar-refractivity contribution >= 4 is 22.8 Å². The number of aliphatic hydroxyl groups is 1. The van der Waals surface area contributed by atoms with Crippen LogP contribution in [0.4, 0.5) is 0 Å². The van der Waals surface area contributed by atoms with E-state index in [2.05, 4.69) is 0 Å². The third kappa shape index (κ3) is 1.82. The fraction of sp³-hybridized carbons (Fsp3) is 0.294. The van der Waals surface area contributed by atoms with Crippen molar-refractivity contribution in [3.63, 3.8) is 0 Å². The number of aryl methyl sites for hydroxylation is 1. The maximum absolute atomic E-state index is 12.2. The van der Waals surface area contributed by atoms with E-state index in [0.717, 1.165) is 0 Å². The summed E-state index contributed by atoms with van der Waals surface area (Å²) >= 11 is 0. The fourth-order valence-electron chi connectivity index (χ4n) is 3.33. The predicted molar refractivity (Wildman–Crippen MR) is 80.6 cm³/mol. The SMILES string of the molecule is Cc1cc2c(CO)c3c(c(O)c2c(O)c1C=O)C(=O)CCC3. The third-order valence-corrected chi connectivity index (χ3v) is 4.40. The van der Waals surface area contributed by atoms with Crippen molar-refractivity contribution in [2.75, 3.05) is 0 Å². The summed E-state index contributed by atoms with van der Waals surface area (Å²) in [7, 11) is 0. The normalized spacial score (nSPS) is 14.2. The van der Waals surface area contributed by atoms with E-state index in [1.54, 1.807) is 13.0 Å². The summed E-state index contributed by atoms with van der Waals surface area (Å²) < 4.78 is 0. The smallest absolute Gasteiger partial charge is 0.166 e. The van der Waals surface area contributed by atoms with Gasteiger partial charge in [0.25, 0.3) is 0 Å². The van der Waals surface area contributed by atoms with Crippen LogP contribution in [0.25, 0.3) is 10.8 Å². The molecule has 0 aromatic heterocycles. The van der Waals surface area contributed by atoms with E-state index in [9.17, 15) is 24.9 Å². The van der Waals surface area contributed by atoms with Crippen LogP contribution in [0.2, 0.25) is 0 Å². The van der Waals surface area contributed by atoms with E-state index in [-0.39, 0.29) is 40.4 Å². The van der Waals surface area contributed by atoms with Crippen LogP contribution in [0.15, 0.2) is 6.07 Å². The quantitative estimate of drug-likeness (QED) is 0.740. The molecule has 0 saturated carbocycles. The lowest BCUT2D eigenvalue weighted by atomic mass is 9.82. The summed E-state index contributed by atoms with van der Waals surface area (Å²) in [6, 6.07) is 1.66. The molecule has 5 nitrogen and oxygen atoms in total. The Morgan fingerprint density at radius 1 is 1.23 bits per heavy atom. The molecule has 3 rings (SSSR count). The van der Waals surface area contributed by atoms with Crippen molar-refractivity contribution in [2.45, 2.75) is 32.8 Å². The maximum Gasteiger partial charge on any atom is 0.166 e. The summed E-state index contributed by atoms with van der Waals surface area (Å²) in [5, 5.41) is 31.1. The molecule has 0 bridgehead atoms. The van der Waals surface area contributed by atoms with Gasteiger partial charge in [-0.1, -0.05) is 0 Å². The number of Topliss-reactive ketones (excluding diaryl/α,β-unsaturated/α-hetero) is 1. The Kier molecular flexibility index (Phi) is 3.37. The van der Waals surface area contributed by atoms with Gasteiger partial charge >= 0.3 is 0 Å². The number of benzene rings is 2. The number of fused-ring (bicyclic) bond motifs is 2. The Labute approximate surface area is 126 Å². The van der Waals surface area contributed by atoms with E-state index >= 15 is 0 Å². The molecular formula is C17H16O5. The van der Waals surface area contributed by atoms with Crippen molar-refractivity contribution in [1.29, 1.82) is 0 Å². The molecule has 2 aromatic rings. The number of aromatic hydroxyl groups is 2. The van der Waals surface area contributed by atoms with Crippen LogP contribution in [0.3, 0.4) is 0 Å². The van der Waals surface area contributed by atoms with Gasteiger partial charge in [-0.25, -0.2) is 0 Å². The molecule has 0 radical (unpaired) electrons. The molecule has 0 spiro atoms. The van der Waals surface area contributed by atoms with Crippen LogP contribution in [-0.4, -0.2) is 27.4 Å². The molecule has 0 heterocycles. The highest BCUT2D eigenvalue weighted by atomic mass is 16.3. The highest BCUT2D eigenvalue weighted by Gasteiger charge is 2.28. The minimum atomic E-state index is -0.349. The summed E-state index contributed by atoms with van der Waals surface area (Å²) in [5.74, 6) is -0.853. The average Bonchev–Trinajstić information content (AvgIpc) is 2.47. The second kappa shape index (κ2) is 5.10. The molecule has 0 atom stereocenters. The van der Waals surface area contributed by atoms with Gasteiger partial charge in [0.2, 0.25) is 0 Å². The summed E-state index contributed by atoms with van der Waals surface area (Å²) in [5.41, 5.74) is 1.97. The lowest BCUT2D eigenvalue weighted by molar-refractivity contribution is 0.0969. The fourth-order valence-corrected chi connectivity index (χ4v) is 3.33. The lowest BCUT2D eigenvalue weighted by Crippen LogP contribution is -2.14. The number of ketones is 1. The van der Waals surface area contributed by atoms with Crippen LogP contribution >= 0.6 is 0 Å². The second-order valence-electron chi connectivity index (χ2n) is 5.61. The van der Waals surface area contributed by atoms with Gasteiger partial charge in [-0.2, -0.15) is 0 Å². The summed E-state index contributed by atoms with van der Waals surface area (Å²) in [6.07, 6.45) is 2.10. The molecule has 114 valence electrons. The van der Waals surface area contributed by atoms with Crippen molar-refractivity contribution in [3.05, 3.63) is 33.9 Å². The zero-order chi connectivity index (χ0) is 16.0. The van der Waals surface area contributed by atoms with Crippen LogP contribution in [-0.2, 0) is 13.0 Å². The highest BCUT2D eigenvalue weighted by molar-refractivity contribution is 6.11. The van der Waals surface area contributed by atoms with E-state index in [0.29, 0.717) is 47.6 Å². The Hall–Kier alpha value is -2.40. The monoisotopic (exact) mass is 300 g/mol. The largest absolute Gasteiger partial charge is 0.506 e. The minimum Gasteiger partial charge on any atom is -0.506 e. The zero-order valence-corrected chi connectivity index (χ0v) is 12.1. The number of aldehydes is 1. The van der Waals surface area contributed by atoms with Crippen molar-refractivity contribution in [3.8, 4) is 11.5 Å². The number of aliphatic hydroxyl groups excluding tert-OH is 1. The van der Waals surface area contributed by atoms with Crippen molar-refractivity contribution in [2.24, 2.45) is 0 Å². The maximum atomic E-state index is 12.2. The first-order chi connectivity index (χ1) is 10.5. The molecule has 1 aliphatic rings.